The van der Waals surface area contributed by atoms with Crippen molar-refractivity contribution in [2.24, 2.45) is 16.8 Å². The Balaban J connectivity index is 0.00000484. The van der Waals surface area contributed by atoms with E-state index in [9.17, 15) is 0 Å². The van der Waals surface area contributed by atoms with Gasteiger partial charge in [-0.2, -0.15) is 0 Å². The molecule has 0 saturated carbocycles. The van der Waals surface area contributed by atoms with Crippen LogP contribution in [0.25, 0.3) is 0 Å². The summed E-state index contributed by atoms with van der Waals surface area (Å²) < 4.78 is 5.51. The van der Waals surface area contributed by atoms with Crippen molar-refractivity contribution in [3.63, 3.8) is 0 Å². The van der Waals surface area contributed by atoms with Crippen LogP contribution in [0.2, 0.25) is 0 Å². The monoisotopic (exact) mass is 440 g/mol. The number of nitrogens with zero attached hydrogens (tertiary/aromatic N) is 2. The maximum absolute atomic E-state index is 5.51. The molecule has 5 nitrogen and oxygen atoms in total. The summed E-state index contributed by atoms with van der Waals surface area (Å²) in [6.45, 7) is 14.7. The summed E-state index contributed by atoms with van der Waals surface area (Å²) in [5.41, 5.74) is 0. The van der Waals surface area contributed by atoms with Gasteiger partial charge in [0.05, 0.1) is 13.2 Å². The fourth-order valence-corrected chi connectivity index (χ4v) is 3.06. The highest BCUT2D eigenvalue weighted by atomic mass is 127. The first-order valence-electron chi connectivity index (χ1n) is 8.88. The Bertz CT molecular complexity index is 316. The van der Waals surface area contributed by atoms with Crippen LogP contribution in [0.15, 0.2) is 4.99 Å². The zero-order valence-electron chi connectivity index (χ0n) is 15.6. The lowest BCUT2D eigenvalue weighted by Crippen LogP contribution is -2.53. The molecule has 1 aliphatic heterocycles. The maximum Gasteiger partial charge on any atom is 0.191 e. The highest BCUT2D eigenvalue weighted by molar-refractivity contribution is 14.0. The van der Waals surface area contributed by atoms with Crippen molar-refractivity contribution in [3.8, 4) is 0 Å². The van der Waals surface area contributed by atoms with Crippen molar-refractivity contribution in [2.45, 2.75) is 46.6 Å². The lowest BCUT2D eigenvalue weighted by Gasteiger charge is -2.39. The molecule has 1 heterocycles. The Hall–Kier alpha value is -0.0800. The van der Waals surface area contributed by atoms with E-state index in [1.54, 1.807) is 0 Å². The first-order valence-corrected chi connectivity index (χ1v) is 8.88. The van der Waals surface area contributed by atoms with Gasteiger partial charge in [-0.15, -0.1) is 24.0 Å². The lowest BCUT2D eigenvalue weighted by molar-refractivity contribution is 0.00272. The lowest BCUT2D eigenvalue weighted by atomic mass is 9.92. The summed E-state index contributed by atoms with van der Waals surface area (Å²) >= 11 is 0. The highest BCUT2D eigenvalue weighted by Gasteiger charge is 2.26. The van der Waals surface area contributed by atoms with Crippen LogP contribution in [0.5, 0.6) is 0 Å². The van der Waals surface area contributed by atoms with Gasteiger partial charge in [0, 0.05) is 39.3 Å². The molecule has 138 valence electrons. The standard InChI is InChI=1S/C17H36N4O.HI/c1-6-15(7-2)16(21-8-10-22-11-9-21)13-20-17(18-5)19-12-14(3)4;/h14-16H,6-13H2,1-5H3,(H2,18,19,20);1H. The number of nitrogens with one attached hydrogen (secondary N) is 2. The Morgan fingerprint density at radius 1 is 1.09 bits per heavy atom. The molecule has 0 radical (unpaired) electrons. The van der Waals surface area contributed by atoms with Crippen LogP contribution in [0, 0.1) is 11.8 Å². The van der Waals surface area contributed by atoms with Crippen molar-refractivity contribution >= 4 is 29.9 Å². The number of rotatable bonds is 8. The number of halogens is 1. The van der Waals surface area contributed by atoms with Crippen LogP contribution >= 0.6 is 24.0 Å². The zero-order chi connectivity index (χ0) is 16.4. The quantitative estimate of drug-likeness (QED) is 0.346. The molecule has 1 saturated heterocycles. The van der Waals surface area contributed by atoms with E-state index in [-0.39, 0.29) is 24.0 Å². The molecule has 1 aliphatic rings. The van der Waals surface area contributed by atoms with E-state index in [4.69, 9.17) is 4.74 Å². The van der Waals surface area contributed by atoms with Crippen molar-refractivity contribution in [1.82, 2.24) is 15.5 Å². The summed E-state index contributed by atoms with van der Waals surface area (Å²) in [4.78, 5) is 6.93. The molecule has 1 unspecified atom stereocenters. The van der Waals surface area contributed by atoms with E-state index < -0.39 is 0 Å². The fraction of sp³-hybridized carbons (Fsp3) is 0.941. The van der Waals surface area contributed by atoms with Crippen molar-refractivity contribution in [1.29, 1.82) is 0 Å². The molecule has 0 amide bonds. The Morgan fingerprint density at radius 2 is 1.65 bits per heavy atom. The minimum absolute atomic E-state index is 0. The van der Waals surface area contributed by atoms with Crippen LogP contribution in [0.4, 0.5) is 0 Å². The van der Waals surface area contributed by atoms with Gasteiger partial charge in [0.1, 0.15) is 0 Å². The second-order valence-electron chi connectivity index (χ2n) is 6.52. The SMILES string of the molecule is CCC(CC)C(CNC(=NC)NCC(C)C)N1CCOCC1.I. The van der Waals surface area contributed by atoms with Crippen molar-refractivity contribution < 1.29 is 4.74 Å². The molecule has 0 spiro atoms. The normalized spacial score (nSPS) is 18.0. The number of ether oxygens (including phenoxy) is 1. The van der Waals surface area contributed by atoms with Gasteiger partial charge in [0.15, 0.2) is 5.96 Å². The van der Waals surface area contributed by atoms with E-state index in [2.05, 4.69) is 48.2 Å². The molecule has 1 atom stereocenters. The average Bonchev–Trinajstić information content (AvgIpc) is 2.54. The Kier molecular flexibility index (Phi) is 13.2. The minimum atomic E-state index is 0. The number of aliphatic imine (C=N–C) groups is 1. The summed E-state index contributed by atoms with van der Waals surface area (Å²) in [6.07, 6.45) is 2.44. The van der Waals surface area contributed by atoms with E-state index in [1.165, 1.54) is 12.8 Å². The number of morpholine rings is 1. The molecular formula is C17H37IN4O. The molecule has 6 heteroatoms. The molecule has 2 N–H and O–H groups in total. The van der Waals surface area contributed by atoms with Gasteiger partial charge in [-0.25, -0.2) is 0 Å². The molecule has 0 aromatic carbocycles. The first-order chi connectivity index (χ1) is 10.6. The van der Waals surface area contributed by atoms with E-state index in [0.29, 0.717) is 17.9 Å². The summed E-state index contributed by atoms with van der Waals surface area (Å²) in [5.74, 6) is 2.25. The number of hydrogen-bond acceptors (Lipinski definition) is 3. The van der Waals surface area contributed by atoms with E-state index in [0.717, 1.165) is 45.4 Å². The van der Waals surface area contributed by atoms with Gasteiger partial charge in [-0.1, -0.05) is 40.5 Å². The Morgan fingerprint density at radius 3 is 2.13 bits per heavy atom. The van der Waals surface area contributed by atoms with Crippen LogP contribution in [0.3, 0.4) is 0 Å². The van der Waals surface area contributed by atoms with E-state index in [1.807, 2.05) is 7.05 Å². The van der Waals surface area contributed by atoms with Crippen LogP contribution in [-0.4, -0.2) is 63.3 Å². The summed E-state index contributed by atoms with van der Waals surface area (Å²) in [7, 11) is 1.84. The molecule has 23 heavy (non-hydrogen) atoms. The Labute approximate surface area is 160 Å². The zero-order valence-corrected chi connectivity index (χ0v) is 17.9. The average molecular weight is 440 g/mol. The maximum atomic E-state index is 5.51. The van der Waals surface area contributed by atoms with Gasteiger partial charge in [0.2, 0.25) is 0 Å². The minimum Gasteiger partial charge on any atom is -0.379 e. The molecule has 0 aromatic rings. The molecule has 0 aliphatic carbocycles. The van der Waals surface area contributed by atoms with Gasteiger partial charge in [-0.05, 0) is 11.8 Å². The molecule has 0 bridgehead atoms. The number of guanidine groups is 1. The third-order valence-corrected chi connectivity index (χ3v) is 4.49. The largest absolute Gasteiger partial charge is 0.379 e. The highest BCUT2D eigenvalue weighted by Crippen LogP contribution is 2.19. The van der Waals surface area contributed by atoms with Crippen LogP contribution in [0.1, 0.15) is 40.5 Å². The molecule has 1 rings (SSSR count). The predicted molar refractivity (Wildman–Crippen MR) is 110 cm³/mol. The fourth-order valence-electron chi connectivity index (χ4n) is 3.06. The molecule has 1 fully saturated rings. The molecule has 0 aromatic heterocycles. The third-order valence-electron chi connectivity index (χ3n) is 4.49. The van der Waals surface area contributed by atoms with Crippen LogP contribution < -0.4 is 10.6 Å². The van der Waals surface area contributed by atoms with Crippen molar-refractivity contribution in [2.75, 3.05) is 46.4 Å². The second-order valence-corrected chi connectivity index (χ2v) is 6.52. The van der Waals surface area contributed by atoms with Gasteiger partial charge < -0.3 is 15.4 Å². The van der Waals surface area contributed by atoms with Gasteiger partial charge >= 0.3 is 0 Å². The van der Waals surface area contributed by atoms with Gasteiger partial charge in [0.25, 0.3) is 0 Å². The second kappa shape index (κ2) is 13.2. The van der Waals surface area contributed by atoms with Crippen molar-refractivity contribution in [3.05, 3.63) is 0 Å². The smallest absolute Gasteiger partial charge is 0.191 e. The first kappa shape index (κ1) is 22.9. The predicted octanol–water partition coefficient (Wildman–Crippen LogP) is 2.56. The van der Waals surface area contributed by atoms with Gasteiger partial charge in [-0.3, -0.25) is 9.89 Å². The summed E-state index contributed by atoms with van der Waals surface area (Å²) in [6, 6.07) is 0.552. The third kappa shape index (κ3) is 8.54. The van der Waals surface area contributed by atoms with E-state index >= 15 is 0 Å². The van der Waals surface area contributed by atoms with Crippen LogP contribution in [-0.2, 0) is 4.74 Å². The topological polar surface area (TPSA) is 48.9 Å². The number of hydrogen-bond donors (Lipinski definition) is 2. The molecular weight excluding hydrogens is 403 g/mol. The summed E-state index contributed by atoms with van der Waals surface area (Å²) in [5, 5.41) is 6.93.